The number of phosphoric acid groups is 1. The van der Waals surface area contributed by atoms with E-state index in [1.165, 1.54) is 70.6 Å². The van der Waals surface area contributed by atoms with E-state index in [2.05, 4.69) is 13.8 Å². The van der Waals surface area contributed by atoms with Gasteiger partial charge < -0.3 is 48.0 Å². The van der Waals surface area contributed by atoms with Crippen molar-refractivity contribution in [3.8, 4) is 0 Å². The molecule has 1 saturated heterocycles. The van der Waals surface area contributed by atoms with Gasteiger partial charge in [-0.1, -0.05) is 128 Å². The van der Waals surface area contributed by atoms with Crippen LogP contribution in [0, 0.1) is 5.92 Å². The average Bonchev–Trinajstić information content (AvgIpc) is 3.14. The van der Waals surface area contributed by atoms with E-state index in [9.17, 15) is 29.6 Å². The molecule has 7 atom stereocenters. The van der Waals surface area contributed by atoms with Crippen molar-refractivity contribution in [2.24, 2.45) is 5.92 Å². The molecule has 0 amide bonds. The molecule has 12 nitrogen and oxygen atoms in total. The number of rotatable bonds is 36. The molecule has 0 aromatic rings. The molecule has 57 heavy (non-hydrogen) atoms. The molecule has 13 heteroatoms. The predicted octanol–water partition coefficient (Wildman–Crippen LogP) is 8.43. The van der Waals surface area contributed by atoms with Crippen LogP contribution in [0.4, 0.5) is 0 Å². The number of hydrogen-bond acceptors (Lipinski definition) is 11. The van der Waals surface area contributed by atoms with Gasteiger partial charge in [-0.25, -0.2) is 0 Å². The highest BCUT2D eigenvalue weighted by Gasteiger charge is 2.35. The summed E-state index contributed by atoms with van der Waals surface area (Å²) in [6.07, 6.45) is 28.7. The number of allylic oxidation sites excluding steroid dienone is 3. The molecule has 334 valence electrons. The molecule has 0 aromatic carbocycles. The fourth-order valence-electron chi connectivity index (χ4n) is 6.49. The molecule has 0 saturated carbocycles. The van der Waals surface area contributed by atoms with Crippen LogP contribution in [0.5, 0.6) is 0 Å². The van der Waals surface area contributed by atoms with Gasteiger partial charge in [0.2, 0.25) is 0 Å². The van der Waals surface area contributed by atoms with Gasteiger partial charge in [-0.2, -0.15) is 0 Å². The minimum Gasteiger partial charge on any atom is -0.756 e. The fraction of sp³-hybridized carbons (Fsp3) is 0.841. The Morgan fingerprint density at radius 3 is 2.11 bits per heavy atom. The number of carbonyl (C=O) groups excluding carboxylic acids is 1. The van der Waals surface area contributed by atoms with E-state index in [4.69, 9.17) is 23.3 Å². The first-order valence-corrected chi connectivity index (χ1v) is 23.6. The second-order valence-electron chi connectivity index (χ2n) is 16.7. The van der Waals surface area contributed by atoms with E-state index < -0.39 is 51.1 Å². The average molecular weight is 832 g/mol. The van der Waals surface area contributed by atoms with Gasteiger partial charge >= 0.3 is 5.97 Å². The Morgan fingerprint density at radius 2 is 1.46 bits per heavy atom. The van der Waals surface area contributed by atoms with Gasteiger partial charge in [-0.3, -0.25) is 9.36 Å². The topological polar surface area (TPSA) is 164 Å². The Bertz CT molecular complexity index is 1130. The number of quaternary nitrogens is 1. The van der Waals surface area contributed by atoms with Gasteiger partial charge in [0.15, 0.2) is 12.4 Å². The van der Waals surface area contributed by atoms with Crippen LogP contribution >= 0.6 is 7.82 Å². The Labute approximate surface area is 346 Å². The maximum atomic E-state index is 12.8. The van der Waals surface area contributed by atoms with Crippen LogP contribution in [-0.4, -0.2) is 104 Å². The molecule has 1 aliphatic rings. The molecule has 0 bridgehead atoms. The van der Waals surface area contributed by atoms with Crippen LogP contribution in [0.2, 0.25) is 0 Å². The number of likely N-dealkylation sites (N-methyl/N-ethyl adjacent to an activating group) is 1. The van der Waals surface area contributed by atoms with Gasteiger partial charge in [-0.05, 0) is 44.6 Å². The number of nitrogens with zero attached hydrogens (tertiary/aromatic N) is 1. The highest BCUT2D eigenvalue weighted by atomic mass is 31.2. The smallest absolute Gasteiger partial charge is 0.306 e. The summed E-state index contributed by atoms with van der Waals surface area (Å²) in [6, 6.07) is 0. The maximum absolute atomic E-state index is 12.8. The highest BCUT2D eigenvalue weighted by Crippen LogP contribution is 2.38. The Kier molecular flexibility index (Phi) is 31.1. The summed E-state index contributed by atoms with van der Waals surface area (Å²) in [5.74, 6) is -0.790. The normalized spacial score (nSPS) is 21.4. The molecule has 1 fully saturated rings. The lowest BCUT2D eigenvalue weighted by Crippen LogP contribution is -2.43. The maximum Gasteiger partial charge on any atom is 0.306 e. The van der Waals surface area contributed by atoms with E-state index in [-0.39, 0.29) is 32.0 Å². The lowest BCUT2D eigenvalue weighted by Gasteiger charge is -2.36. The summed E-state index contributed by atoms with van der Waals surface area (Å²) in [4.78, 5) is 25.2. The summed E-state index contributed by atoms with van der Waals surface area (Å²) < 4.78 is 39.9. The molecular weight excluding hydrogens is 749 g/mol. The SMILES string of the molecule is CCCCCCCCCCCCCC/C=C\OC[C@H](COP(=O)([O-])OCC[N+](C)(C)C)OC(=O)CCC/C=C\C[C@H]1[C@@H](O)CC(O)O[C@@H]1/C=C/[C@@H](O)CCCCC. The Balaban J connectivity index is 2.53. The third-order valence-electron chi connectivity index (χ3n) is 10.1. The van der Waals surface area contributed by atoms with Crippen LogP contribution in [-0.2, 0) is 32.6 Å². The first-order chi connectivity index (χ1) is 27.3. The molecule has 2 unspecified atom stereocenters. The first-order valence-electron chi connectivity index (χ1n) is 22.2. The number of unbranched alkanes of at least 4 members (excludes halogenated alkanes) is 15. The van der Waals surface area contributed by atoms with Crippen LogP contribution in [0.1, 0.15) is 155 Å². The molecule has 3 N–H and O–H groups in total. The van der Waals surface area contributed by atoms with Crippen molar-refractivity contribution < 1.29 is 57.3 Å². The van der Waals surface area contributed by atoms with Crippen LogP contribution in [0.25, 0.3) is 0 Å². The third-order valence-corrected chi connectivity index (χ3v) is 11.0. The van der Waals surface area contributed by atoms with Gasteiger partial charge in [0, 0.05) is 18.8 Å². The predicted molar refractivity (Wildman–Crippen MR) is 225 cm³/mol. The highest BCUT2D eigenvalue weighted by molar-refractivity contribution is 7.45. The van der Waals surface area contributed by atoms with Crippen molar-refractivity contribution in [1.82, 2.24) is 0 Å². The number of hydrogen-bond donors (Lipinski definition) is 3. The fourth-order valence-corrected chi connectivity index (χ4v) is 7.22. The minimum atomic E-state index is -4.62. The first kappa shape index (κ1) is 53.4. The molecular formula is C44H82NO11P. The number of aliphatic hydroxyl groups excluding tert-OH is 3. The van der Waals surface area contributed by atoms with Crippen LogP contribution < -0.4 is 4.89 Å². The summed E-state index contributed by atoms with van der Waals surface area (Å²) in [7, 11) is 1.16. The van der Waals surface area contributed by atoms with Crippen molar-refractivity contribution in [2.45, 2.75) is 186 Å². The molecule has 0 spiro atoms. The lowest BCUT2D eigenvalue weighted by atomic mass is 9.87. The van der Waals surface area contributed by atoms with E-state index >= 15 is 0 Å². The lowest BCUT2D eigenvalue weighted by molar-refractivity contribution is -0.870. The van der Waals surface area contributed by atoms with Gasteiger partial charge in [0.05, 0.1) is 52.3 Å². The summed E-state index contributed by atoms with van der Waals surface area (Å²) in [5, 5.41) is 31.0. The van der Waals surface area contributed by atoms with Crippen LogP contribution in [0.15, 0.2) is 36.6 Å². The van der Waals surface area contributed by atoms with Crippen molar-refractivity contribution in [3.05, 3.63) is 36.6 Å². The third kappa shape index (κ3) is 31.0. The molecule has 1 heterocycles. The molecule has 1 rings (SSSR count). The zero-order chi connectivity index (χ0) is 42.2. The van der Waals surface area contributed by atoms with E-state index in [1.807, 2.05) is 39.4 Å². The standard InChI is InChI=1S/C44H82NO11P/c1-6-8-10-11-12-13-14-15-16-17-18-19-22-26-33-52-36-39(37-54-57(50,51)53-34-32-45(3,4)5)55-43(48)29-25-21-20-24-28-40-41(47)35-44(49)56-42(40)31-30-38(46)27-23-9-7-2/h20,24,26,30-31,33,38-42,44,46-47,49H,6-19,21-23,25,27-29,32,34-37H2,1-5H3/b24-20-,31-30+,33-26-/t38-,39+,40-,41-,42+,44?/m0/s1. The Hall–Kier alpha value is -1.60. The van der Waals surface area contributed by atoms with Gasteiger partial charge in [0.1, 0.15) is 19.8 Å². The van der Waals surface area contributed by atoms with Crippen molar-refractivity contribution in [3.63, 3.8) is 0 Å². The van der Waals surface area contributed by atoms with E-state index in [0.717, 1.165) is 32.1 Å². The second kappa shape index (κ2) is 33.2. The number of ether oxygens (including phenoxy) is 3. The number of carbonyl (C=O) groups is 1. The largest absolute Gasteiger partial charge is 0.756 e. The van der Waals surface area contributed by atoms with E-state index in [0.29, 0.717) is 36.7 Å². The Morgan fingerprint density at radius 1 is 0.842 bits per heavy atom. The van der Waals surface area contributed by atoms with Crippen molar-refractivity contribution >= 4 is 13.8 Å². The summed E-state index contributed by atoms with van der Waals surface area (Å²) >= 11 is 0. The zero-order valence-corrected chi connectivity index (χ0v) is 37.2. The summed E-state index contributed by atoms with van der Waals surface area (Å²) in [6.45, 7) is 4.31. The molecule has 0 radical (unpaired) electrons. The number of esters is 1. The van der Waals surface area contributed by atoms with Crippen LogP contribution in [0.3, 0.4) is 0 Å². The summed E-state index contributed by atoms with van der Waals surface area (Å²) in [5.41, 5.74) is 0. The van der Waals surface area contributed by atoms with Gasteiger partial charge in [0.25, 0.3) is 7.82 Å². The number of phosphoric ester groups is 1. The monoisotopic (exact) mass is 832 g/mol. The van der Waals surface area contributed by atoms with Gasteiger partial charge in [-0.15, -0.1) is 0 Å². The zero-order valence-electron chi connectivity index (χ0n) is 36.3. The van der Waals surface area contributed by atoms with Crippen molar-refractivity contribution in [2.75, 3.05) is 47.5 Å². The minimum absolute atomic E-state index is 0.0328. The van der Waals surface area contributed by atoms with E-state index in [1.54, 1.807) is 18.4 Å². The quantitative estimate of drug-likeness (QED) is 0.0139. The number of aliphatic hydroxyl groups is 3. The second-order valence-corrected chi connectivity index (χ2v) is 18.1. The van der Waals surface area contributed by atoms with Crippen molar-refractivity contribution in [1.29, 1.82) is 0 Å². The molecule has 1 aliphatic heterocycles. The molecule has 0 aromatic heterocycles. The molecule has 0 aliphatic carbocycles.